The number of hydrogen-bond donors (Lipinski definition) is 0. The lowest BCUT2D eigenvalue weighted by molar-refractivity contribution is -0.141. The van der Waals surface area contributed by atoms with Crippen LogP contribution in [0.2, 0.25) is 0 Å². The van der Waals surface area contributed by atoms with E-state index in [1.165, 1.54) is 11.8 Å². The largest absolute Gasteiger partial charge is 0.486 e. The van der Waals surface area contributed by atoms with Crippen molar-refractivity contribution in [2.75, 3.05) is 51.8 Å². The zero-order valence-corrected chi connectivity index (χ0v) is 14.6. The van der Waals surface area contributed by atoms with Gasteiger partial charge in [-0.05, 0) is 17.7 Å². The van der Waals surface area contributed by atoms with Gasteiger partial charge in [0.05, 0.1) is 19.0 Å². The summed E-state index contributed by atoms with van der Waals surface area (Å²) in [4.78, 5) is 28.3. The molecule has 0 saturated carbocycles. The minimum atomic E-state index is -0.173. The normalized spacial score (nSPS) is 23.0. The molecule has 2 amide bonds. The lowest BCUT2D eigenvalue weighted by Crippen LogP contribution is -2.46. The van der Waals surface area contributed by atoms with Gasteiger partial charge in [0.25, 0.3) is 0 Å². The summed E-state index contributed by atoms with van der Waals surface area (Å²) >= 11 is 1.54. The molecule has 1 aromatic rings. The molecule has 3 aliphatic heterocycles. The van der Waals surface area contributed by atoms with Crippen LogP contribution in [0.25, 0.3) is 0 Å². The Hall–Kier alpha value is -1.93. The van der Waals surface area contributed by atoms with Crippen LogP contribution in [0.3, 0.4) is 0 Å². The minimum Gasteiger partial charge on any atom is -0.486 e. The van der Waals surface area contributed by atoms with Gasteiger partial charge in [-0.1, -0.05) is 6.07 Å². The van der Waals surface area contributed by atoms with E-state index in [1.54, 1.807) is 9.80 Å². The molecular weight excluding hydrogens is 344 g/mol. The summed E-state index contributed by atoms with van der Waals surface area (Å²) in [5.74, 6) is 1.77. The summed E-state index contributed by atoms with van der Waals surface area (Å²) in [6.45, 7) is 3.45. The van der Waals surface area contributed by atoms with Gasteiger partial charge in [-0.15, -0.1) is 11.8 Å². The van der Waals surface area contributed by atoms with E-state index in [9.17, 15) is 9.59 Å². The van der Waals surface area contributed by atoms with Crippen molar-refractivity contribution in [2.24, 2.45) is 0 Å². The molecule has 0 N–H and O–H groups in total. The highest BCUT2D eigenvalue weighted by Crippen LogP contribution is 2.42. The predicted octanol–water partition coefficient (Wildman–Crippen LogP) is 0.891. The quantitative estimate of drug-likeness (QED) is 0.794. The summed E-state index contributed by atoms with van der Waals surface area (Å²) < 4.78 is 16.5. The highest BCUT2D eigenvalue weighted by Gasteiger charge is 2.35. The SMILES string of the molecule is O=C(CN1C(=O)CS[C@@H]1c1ccc2c(c1)OCCO2)N1CCOCC1. The second-order valence-electron chi connectivity index (χ2n) is 6.08. The molecule has 2 fully saturated rings. The molecular formula is C17H20N2O5S. The van der Waals surface area contributed by atoms with Crippen molar-refractivity contribution < 1.29 is 23.8 Å². The van der Waals surface area contributed by atoms with Crippen LogP contribution in [-0.4, -0.2) is 73.4 Å². The number of ether oxygens (including phenoxy) is 3. The smallest absolute Gasteiger partial charge is 0.242 e. The average molecular weight is 364 g/mol. The van der Waals surface area contributed by atoms with E-state index >= 15 is 0 Å². The molecule has 3 aliphatic rings. The van der Waals surface area contributed by atoms with E-state index in [0.717, 1.165) is 11.3 Å². The monoisotopic (exact) mass is 364 g/mol. The van der Waals surface area contributed by atoms with Crippen LogP contribution < -0.4 is 9.47 Å². The van der Waals surface area contributed by atoms with Gasteiger partial charge in [-0.3, -0.25) is 9.59 Å². The second kappa shape index (κ2) is 7.13. The maximum Gasteiger partial charge on any atom is 0.242 e. The van der Waals surface area contributed by atoms with E-state index in [1.807, 2.05) is 18.2 Å². The molecule has 0 radical (unpaired) electrons. The Labute approximate surface area is 150 Å². The van der Waals surface area contributed by atoms with Crippen LogP contribution in [0.1, 0.15) is 10.9 Å². The molecule has 7 nitrogen and oxygen atoms in total. The van der Waals surface area contributed by atoms with E-state index < -0.39 is 0 Å². The summed E-state index contributed by atoms with van der Waals surface area (Å²) in [5.41, 5.74) is 0.954. The molecule has 0 aromatic heterocycles. The molecule has 0 aliphatic carbocycles. The molecule has 134 valence electrons. The Balaban J connectivity index is 1.50. The molecule has 4 rings (SSSR count). The Morgan fingerprint density at radius 1 is 1.12 bits per heavy atom. The van der Waals surface area contributed by atoms with E-state index in [2.05, 4.69) is 0 Å². The molecule has 0 spiro atoms. The number of thioether (sulfide) groups is 1. The van der Waals surface area contributed by atoms with Crippen molar-refractivity contribution in [3.05, 3.63) is 23.8 Å². The first kappa shape index (κ1) is 16.5. The number of rotatable bonds is 3. The first-order chi connectivity index (χ1) is 12.2. The van der Waals surface area contributed by atoms with Gasteiger partial charge in [-0.2, -0.15) is 0 Å². The maximum atomic E-state index is 12.5. The van der Waals surface area contributed by atoms with E-state index in [4.69, 9.17) is 14.2 Å². The number of nitrogens with zero attached hydrogens (tertiary/aromatic N) is 2. The average Bonchev–Trinajstić information content (AvgIpc) is 3.02. The van der Waals surface area contributed by atoms with Crippen molar-refractivity contribution in [3.8, 4) is 11.5 Å². The van der Waals surface area contributed by atoms with Crippen LogP contribution in [0.15, 0.2) is 18.2 Å². The number of carbonyl (C=O) groups excluding carboxylic acids is 2. The molecule has 3 heterocycles. The van der Waals surface area contributed by atoms with Gasteiger partial charge in [0.2, 0.25) is 11.8 Å². The third-order valence-electron chi connectivity index (χ3n) is 4.49. The lowest BCUT2D eigenvalue weighted by atomic mass is 10.1. The number of morpholine rings is 1. The summed E-state index contributed by atoms with van der Waals surface area (Å²) in [5, 5.41) is -0.173. The fourth-order valence-electron chi connectivity index (χ4n) is 3.17. The van der Waals surface area contributed by atoms with Gasteiger partial charge >= 0.3 is 0 Å². The van der Waals surface area contributed by atoms with Crippen LogP contribution in [-0.2, 0) is 14.3 Å². The molecule has 0 bridgehead atoms. The van der Waals surface area contributed by atoms with Gasteiger partial charge in [0, 0.05) is 13.1 Å². The fourth-order valence-corrected chi connectivity index (χ4v) is 4.35. The van der Waals surface area contributed by atoms with Gasteiger partial charge < -0.3 is 24.0 Å². The summed E-state index contributed by atoms with van der Waals surface area (Å²) in [6, 6.07) is 5.72. The zero-order chi connectivity index (χ0) is 17.2. The number of fused-ring (bicyclic) bond motifs is 1. The van der Waals surface area contributed by atoms with Crippen LogP contribution in [0.4, 0.5) is 0 Å². The number of hydrogen-bond acceptors (Lipinski definition) is 6. The van der Waals surface area contributed by atoms with Crippen LogP contribution in [0, 0.1) is 0 Å². The Bertz CT molecular complexity index is 677. The highest BCUT2D eigenvalue weighted by atomic mass is 32.2. The van der Waals surface area contributed by atoms with E-state index in [0.29, 0.717) is 51.0 Å². The van der Waals surface area contributed by atoms with Crippen molar-refractivity contribution in [3.63, 3.8) is 0 Å². The first-order valence-electron chi connectivity index (χ1n) is 8.38. The molecule has 8 heteroatoms. The van der Waals surface area contributed by atoms with Gasteiger partial charge in [-0.25, -0.2) is 0 Å². The molecule has 2 saturated heterocycles. The summed E-state index contributed by atoms with van der Waals surface area (Å²) in [6.07, 6.45) is 0. The molecule has 1 aromatic carbocycles. The maximum absolute atomic E-state index is 12.5. The summed E-state index contributed by atoms with van der Waals surface area (Å²) in [7, 11) is 0. The van der Waals surface area contributed by atoms with E-state index in [-0.39, 0.29) is 23.7 Å². The lowest BCUT2D eigenvalue weighted by Gasteiger charge is -2.30. The predicted molar refractivity (Wildman–Crippen MR) is 91.7 cm³/mol. The Morgan fingerprint density at radius 2 is 1.88 bits per heavy atom. The Kier molecular flexibility index (Phi) is 4.72. The van der Waals surface area contributed by atoms with Gasteiger partial charge in [0.1, 0.15) is 25.1 Å². The minimum absolute atomic E-state index is 0.00787. The van der Waals surface area contributed by atoms with Crippen LogP contribution >= 0.6 is 11.8 Å². The van der Waals surface area contributed by atoms with Crippen molar-refractivity contribution in [1.82, 2.24) is 9.80 Å². The molecule has 25 heavy (non-hydrogen) atoms. The third-order valence-corrected chi connectivity index (χ3v) is 5.74. The van der Waals surface area contributed by atoms with Crippen LogP contribution in [0.5, 0.6) is 11.5 Å². The first-order valence-corrected chi connectivity index (χ1v) is 9.43. The second-order valence-corrected chi connectivity index (χ2v) is 7.15. The topological polar surface area (TPSA) is 68.3 Å². The fraction of sp³-hybridized carbons (Fsp3) is 0.529. The zero-order valence-electron chi connectivity index (χ0n) is 13.8. The van der Waals surface area contributed by atoms with Crippen molar-refractivity contribution >= 4 is 23.6 Å². The third kappa shape index (κ3) is 3.41. The molecule has 1 atom stereocenters. The van der Waals surface area contributed by atoms with Gasteiger partial charge in [0.15, 0.2) is 11.5 Å². The number of carbonyl (C=O) groups is 2. The van der Waals surface area contributed by atoms with Crippen molar-refractivity contribution in [1.29, 1.82) is 0 Å². The number of amides is 2. The standard InChI is InChI=1S/C17H20N2O5S/c20-15(18-3-5-22-6-4-18)10-19-16(21)11-25-17(19)12-1-2-13-14(9-12)24-8-7-23-13/h1-2,9,17H,3-8,10-11H2/t17-/m1/s1. The number of benzene rings is 1. The highest BCUT2D eigenvalue weighted by molar-refractivity contribution is 8.00. The Morgan fingerprint density at radius 3 is 2.68 bits per heavy atom. The molecule has 0 unspecified atom stereocenters. The van der Waals surface area contributed by atoms with Crippen molar-refractivity contribution in [2.45, 2.75) is 5.37 Å².